The van der Waals surface area contributed by atoms with E-state index in [0.29, 0.717) is 31.0 Å². The Balaban J connectivity index is 1.48. The van der Waals surface area contributed by atoms with E-state index >= 15 is 0 Å². The first-order valence-corrected chi connectivity index (χ1v) is 12.7. The van der Waals surface area contributed by atoms with Crippen molar-refractivity contribution in [3.05, 3.63) is 34.9 Å². The molecule has 0 aromatic heterocycles. The molecular formula is C24H29Cl2F3N4O2. The minimum Gasteiger partial charge on any atom is -0.342 e. The third-order valence-corrected chi connectivity index (χ3v) is 8.22. The lowest BCUT2D eigenvalue weighted by molar-refractivity contribution is -0.144. The third kappa shape index (κ3) is 5.26. The van der Waals surface area contributed by atoms with Crippen LogP contribution in [0.4, 0.5) is 13.2 Å². The summed E-state index contributed by atoms with van der Waals surface area (Å²) in [5, 5.41) is 3.97. The van der Waals surface area contributed by atoms with Gasteiger partial charge in [0, 0.05) is 31.2 Å². The maximum absolute atomic E-state index is 13.8. The van der Waals surface area contributed by atoms with Gasteiger partial charge in [0.25, 0.3) is 0 Å². The van der Waals surface area contributed by atoms with Crippen LogP contribution in [0.3, 0.4) is 0 Å². The Morgan fingerprint density at radius 2 is 1.63 bits per heavy atom. The molecule has 2 saturated heterocycles. The number of carbonyl (C=O) groups is 2. The van der Waals surface area contributed by atoms with E-state index < -0.39 is 28.7 Å². The zero-order valence-corrected chi connectivity index (χ0v) is 21.0. The van der Waals surface area contributed by atoms with Crippen LogP contribution < -0.4 is 0 Å². The Bertz CT molecular complexity index is 972. The van der Waals surface area contributed by atoms with Gasteiger partial charge in [-0.2, -0.15) is 18.3 Å². The number of rotatable bonds is 4. The second-order valence-electron chi connectivity index (χ2n) is 9.55. The Labute approximate surface area is 213 Å². The summed E-state index contributed by atoms with van der Waals surface area (Å²) in [5.74, 6) is -0.257. The fourth-order valence-corrected chi connectivity index (χ4v) is 5.65. The lowest BCUT2D eigenvalue weighted by Gasteiger charge is -2.44. The molecule has 0 N–H and O–H groups in total. The van der Waals surface area contributed by atoms with Gasteiger partial charge in [0.2, 0.25) is 11.8 Å². The van der Waals surface area contributed by atoms with Gasteiger partial charge >= 0.3 is 6.18 Å². The standard InChI is InChI=1S/C24H29Cl2F3N4O2/c1-16-20(26)21(24(27,28)29)30-33(16)15-19(34)31-13-9-23(10-14-31,17-5-7-18(25)8-6-17)22(35)32-11-3-2-4-12-32/h5-8,16,20H,2-4,9-15H2,1H3. The van der Waals surface area contributed by atoms with Gasteiger partial charge in [-0.3, -0.25) is 14.6 Å². The predicted molar refractivity (Wildman–Crippen MR) is 129 cm³/mol. The first-order chi connectivity index (χ1) is 16.5. The van der Waals surface area contributed by atoms with Crippen molar-refractivity contribution in [3.63, 3.8) is 0 Å². The van der Waals surface area contributed by atoms with Crippen LogP contribution in [0.1, 0.15) is 44.6 Å². The minimum absolute atomic E-state index is 0.0733. The average molecular weight is 533 g/mol. The molecule has 11 heteroatoms. The van der Waals surface area contributed by atoms with Crippen LogP contribution in [0.2, 0.25) is 5.02 Å². The van der Waals surface area contributed by atoms with Crippen molar-refractivity contribution >= 4 is 40.7 Å². The number of piperidine rings is 2. The normalized spacial score (nSPS) is 25.0. The molecule has 6 nitrogen and oxygen atoms in total. The van der Waals surface area contributed by atoms with Crippen molar-refractivity contribution in [2.75, 3.05) is 32.7 Å². The molecule has 192 valence electrons. The van der Waals surface area contributed by atoms with E-state index in [-0.39, 0.29) is 18.4 Å². The molecule has 2 fully saturated rings. The van der Waals surface area contributed by atoms with E-state index in [1.165, 1.54) is 6.92 Å². The monoisotopic (exact) mass is 532 g/mol. The SMILES string of the molecule is CC1C(Cl)C(C(F)(F)F)=NN1CC(=O)N1CCC(C(=O)N2CCCCC2)(c2ccc(Cl)cc2)CC1. The largest absolute Gasteiger partial charge is 0.432 e. The van der Waals surface area contributed by atoms with Gasteiger partial charge in [-0.15, -0.1) is 11.6 Å². The van der Waals surface area contributed by atoms with Crippen molar-refractivity contribution in [1.82, 2.24) is 14.8 Å². The molecule has 35 heavy (non-hydrogen) atoms. The number of alkyl halides is 4. The number of nitrogens with zero attached hydrogens (tertiary/aromatic N) is 4. The number of likely N-dealkylation sites (tertiary alicyclic amines) is 2. The van der Waals surface area contributed by atoms with E-state index in [0.717, 1.165) is 42.9 Å². The molecule has 3 aliphatic heterocycles. The highest BCUT2D eigenvalue weighted by atomic mass is 35.5. The lowest BCUT2D eigenvalue weighted by Crippen LogP contribution is -2.55. The number of halogens is 5. The van der Waals surface area contributed by atoms with E-state index in [4.69, 9.17) is 23.2 Å². The molecule has 2 unspecified atom stereocenters. The van der Waals surface area contributed by atoms with Crippen LogP contribution in [0.15, 0.2) is 29.4 Å². The second-order valence-corrected chi connectivity index (χ2v) is 10.5. The second kappa shape index (κ2) is 10.2. The highest BCUT2D eigenvalue weighted by Crippen LogP contribution is 2.39. The summed E-state index contributed by atoms with van der Waals surface area (Å²) in [7, 11) is 0. The van der Waals surface area contributed by atoms with Crippen molar-refractivity contribution in [2.24, 2.45) is 5.10 Å². The van der Waals surface area contributed by atoms with Crippen LogP contribution >= 0.6 is 23.2 Å². The maximum atomic E-state index is 13.8. The maximum Gasteiger partial charge on any atom is 0.432 e. The molecule has 1 aromatic carbocycles. The van der Waals surface area contributed by atoms with Gasteiger partial charge in [-0.1, -0.05) is 23.7 Å². The van der Waals surface area contributed by atoms with Gasteiger partial charge in [-0.05, 0) is 56.7 Å². The van der Waals surface area contributed by atoms with Crippen LogP contribution in [0.25, 0.3) is 0 Å². The minimum atomic E-state index is -4.64. The Kier molecular flexibility index (Phi) is 7.57. The molecule has 0 bridgehead atoms. The molecule has 0 saturated carbocycles. The zero-order valence-electron chi connectivity index (χ0n) is 19.5. The highest BCUT2D eigenvalue weighted by molar-refractivity contribution is 6.34. The third-order valence-electron chi connectivity index (χ3n) is 7.40. The summed E-state index contributed by atoms with van der Waals surface area (Å²) >= 11 is 12.0. The summed E-state index contributed by atoms with van der Waals surface area (Å²) in [6, 6.07) is 6.54. The molecule has 0 radical (unpaired) electrons. The molecule has 0 spiro atoms. The summed E-state index contributed by atoms with van der Waals surface area (Å²) in [6.07, 6.45) is -0.722. The molecule has 2 amide bonds. The van der Waals surface area contributed by atoms with E-state index in [1.54, 1.807) is 17.0 Å². The smallest absolute Gasteiger partial charge is 0.342 e. The molecule has 0 aliphatic carbocycles. The van der Waals surface area contributed by atoms with E-state index in [2.05, 4.69) is 5.10 Å². The Morgan fingerprint density at radius 1 is 1.03 bits per heavy atom. The molecule has 3 aliphatic rings. The van der Waals surface area contributed by atoms with E-state index in [9.17, 15) is 22.8 Å². The fraction of sp³-hybridized carbons (Fsp3) is 0.625. The number of amides is 2. The first kappa shape index (κ1) is 26.1. The summed E-state index contributed by atoms with van der Waals surface area (Å²) < 4.78 is 39.5. The number of hydrogen-bond acceptors (Lipinski definition) is 4. The highest BCUT2D eigenvalue weighted by Gasteiger charge is 2.49. The number of benzene rings is 1. The molecule has 4 rings (SSSR count). The van der Waals surface area contributed by atoms with Crippen LogP contribution in [-0.4, -0.2) is 82.7 Å². The Morgan fingerprint density at radius 3 is 2.17 bits per heavy atom. The van der Waals surface area contributed by atoms with Gasteiger partial charge in [-0.25, -0.2) is 0 Å². The predicted octanol–water partition coefficient (Wildman–Crippen LogP) is 4.44. The van der Waals surface area contributed by atoms with Crippen LogP contribution in [0, 0.1) is 0 Å². The van der Waals surface area contributed by atoms with Crippen molar-refractivity contribution in [1.29, 1.82) is 0 Å². The van der Waals surface area contributed by atoms with Gasteiger partial charge in [0.05, 0.1) is 11.5 Å². The van der Waals surface area contributed by atoms with E-state index in [1.807, 2.05) is 17.0 Å². The van der Waals surface area contributed by atoms with Crippen molar-refractivity contribution in [2.45, 2.75) is 62.0 Å². The summed E-state index contributed by atoms with van der Waals surface area (Å²) in [6.45, 7) is 3.32. The zero-order chi connectivity index (χ0) is 25.4. The number of hydrazone groups is 1. The molecule has 2 atom stereocenters. The van der Waals surface area contributed by atoms with Crippen LogP contribution in [-0.2, 0) is 15.0 Å². The van der Waals surface area contributed by atoms with Crippen molar-refractivity contribution in [3.8, 4) is 0 Å². The molecule has 3 heterocycles. The molecule has 1 aromatic rings. The van der Waals surface area contributed by atoms with Gasteiger partial charge in [0.1, 0.15) is 11.9 Å². The van der Waals surface area contributed by atoms with Crippen molar-refractivity contribution < 1.29 is 22.8 Å². The lowest BCUT2D eigenvalue weighted by atomic mass is 9.71. The average Bonchev–Trinajstić information content (AvgIpc) is 3.13. The Hall–Kier alpha value is -2.00. The number of carbonyl (C=O) groups excluding carboxylic acids is 2. The molecular weight excluding hydrogens is 504 g/mol. The summed E-state index contributed by atoms with van der Waals surface area (Å²) in [4.78, 5) is 30.3. The number of hydrogen-bond donors (Lipinski definition) is 0. The quantitative estimate of drug-likeness (QED) is 0.538. The van der Waals surface area contributed by atoms with Crippen LogP contribution in [0.5, 0.6) is 0 Å². The first-order valence-electron chi connectivity index (χ1n) is 11.9. The fourth-order valence-electron chi connectivity index (χ4n) is 5.23. The van der Waals surface area contributed by atoms with Gasteiger partial charge in [0.15, 0.2) is 5.71 Å². The summed E-state index contributed by atoms with van der Waals surface area (Å²) in [5.41, 5.74) is -0.961. The van der Waals surface area contributed by atoms with Gasteiger partial charge < -0.3 is 9.80 Å². The topological polar surface area (TPSA) is 56.2 Å².